The van der Waals surface area contributed by atoms with E-state index in [1.54, 1.807) is 0 Å². The highest BCUT2D eigenvalue weighted by molar-refractivity contribution is 6.21. The number of aryl methyl sites for hydroxylation is 2. The first-order valence-electron chi connectivity index (χ1n) is 9.16. The highest BCUT2D eigenvalue weighted by atomic mass is 16.6. The Kier molecular flexibility index (Phi) is 4.22. The molecule has 0 bridgehead atoms. The van der Waals surface area contributed by atoms with Crippen LogP contribution in [0.4, 0.5) is 5.69 Å². The second-order valence-corrected chi connectivity index (χ2v) is 6.92. The predicted octanol–water partition coefficient (Wildman–Crippen LogP) is 3.79. The van der Waals surface area contributed by atoms with Crippen molar-refractivity contribution in [2.45, 2.75) is 26.7 Å². The summed E-state index contributed by atoms with van der Waals surface area (Å²) in [5, 5.41) is 12.1. The number of nitrogens with zero attached hydrogens (tertiary/aromatic N) is 2. The number of imide groups is 1. The van der Waals surface area contributed by atoms with E-state index in [4.69, 9.17) is 0 Å². The zero-order chi connectivity index (χ0) is 20.0. The number of aromatic nitrogens is 1. The van der Waals surface area contributed by atoms with Gasteiger partial charge in [0.1, 0.15) is 0 Å². The average Bonchev–Trinajstić information content (AvgIpc) is 3.13. The number of nitrogens with one attached hydrogen (secondary N) is 1. The van der Waals surface area contributed by atoms with Crippen LogP contribution in [0.3, 0.4) is 0 Å². The third kappa shape index (κ3) is 2.67. The fourth-order valence-electron chi connectivity index (χ4n) is 3.90. The van der Waals surface area contributed by atoms with Gasteiger partial charge in [-0.05, 0) is 37.0 Å². The molecule has 1 aliphatic rings. The van der Waals surface area contributed by atoms with Gasteiger partial charge in [-0.3, -0.25) is 24.6 Å². The van der Waals surface area contributed by atoms with E-state index in [1.165, 1.54) is 28.7 Å². The molecule has 7 heteroatoms. The van der Waals surface area contributed by atoms with Crippen molar-refractivity contribution in [1.29, 1.82) is 0 Å². The molecule has 0 aliphatic carbocycles. The fraction of sp³-hybridized carbons (Fsp3) is 0.238. The van der Waals surface area contributed by atoms with Crippen molar-refractivity contribution in [3.05, 3.63) is 74.5 Å². The van der Waals surface area contributed by atoms with Gasteiger partial charge < -0.3 is 4.98 Å². The minimum Gasteiger partial charge on any atom is -0.358 e. The lowest BCUT2D eigenvalue weighted by Crippen LogP contribution is -2.31. The molecule has 1 aromatic heterocycles. The second kappa shape index (κ2) is 6.60. The number of amides is 2. The Hall–Kier alpha value is -3.48. The Labute approximate surface area is 161 Å². The van der Waals surface area contributed by atoms with Crippen molar-refractivity contribution < 1.29 is 14.5 Å². The van der Waals surface area contributed by atoms with Crippen molar-refractivity contribution in [3.8, 4) is 0 Å². The van der Waals surface area contributed by atoms with Crippen molar-refractivity contribution >= 4 is 28.4 Å². The van der Waals surface area contributed by atoms with Crippen LogP contribution in [0.5, 0.6) is 0 Å². The molecule has 2 aromatic carbocycles. The topological polar surface area (TPSA) is 96.3 Å². The number of carbonyl (C=O) groups is 2. The van der Waals surface area contributed by atoms with Gasteiger partial charge in [0.05, 0.1) is 16.1 Å². The monoisotopic (exact) mass is 377 g/mol. The molecule has 0 saturated carbocycles. The van der Waals surface area contributed by atoms with Crippen LogP contribution in [0, 0.1) is 17.0 Å². The minimum absolute atomic E-state index is 0.100. The van der Waals surface area contributed by atoms with Gasteiger partial charge in [-0.25, -0.2) is 0 Å². The quantitative estimate of drug-likeness (QED) is 0.416. The van der Waals surface area contributed by atoms with Crippen LogP contribution < -0.4 is 0 Å². The number of fused-ring (bicyclic) bond motifs is 2. The minimum atomic E-state index is -0.568. The van der Waals surface area contributed by atoms with Gasteiger partial charge in [0.15, 0.2) is 0 Å². The molecule has 2 amide bonds. The van der Waals surface area contributed by atoms with Gasteiger partial charge in [0, 0.05) is 35.3 Å². The molecule has 0 saturated heterocycles. The summed E-state index contributed by atoms with van der Waals surface area (Å²) in [6.07, 6.45) is 1.43. The molecule has 0 spiro atoms. The van der Waals surface area contributed by atoms with Crippen molar-refractivity contribution in [3.63, 3.8) is 0 Å². The normalized spacial score (nSPS) is 13.4. The standard InChI is InChI=1S/C21H19N3O4/c1-3-13-5-4-6-16-15(12(2)22-19(13)16)9-10-23-20(25)17-8-7-14(24(27)28)11-18(17)21(23)26/h4-8,11,22H,3,9-10H2,1-2H3. The SMILES string of the molecule is CCc1cccc2c(CCN3C(=O)c4ccc([N+](=O)[O-])cc4C3=O)c(C)[nH]c12. The maximum Gasteiger partial charge on any atom is 0.270 e. The molecule has 0 atom stereocenters. The zero-order valence-corrected chi connectivity index (χ0v) is 15.6. The Bertz CT molecular complexity index is 1150. The van der Waals surface area contributed by atoms with Gasteiger partial charge in [0.2, 0.25) is 0 Å². The number of non-ortho nitro benzene ring substituents is 1. The predicted molar refractivity (Wildman–Crippen MR) is 105 cm³/mol. The van der Waals surface area contributed by atoms with Crippen molar-refractivity contribution in [2.24, 2.45) is 0 Å². The molecule has 28 heavy (non-hydrogen) atoms. The lowest BCUT2D eigenvalue weighted by molar-refractivity contribution is -0.384. The third-order valence-corrected chi connectivity index (χ3v) is 5.37. The van der Waals surface area contributed by atoms with Crippen LogP contribution in [-0.2, 0) is 12.8 Å². The van der Waals surface area contributed by atoms with Crippen LogP contribution >= 0.6 is 0 Å². The second-order valence-electron chi connectivity index (χ2n) is 6.92. The smallest absolute Gasteiger partial charge is 0.270 e. The highest BCUT2D eigenvalue weighted by Gasteiger charge is 2.36. The number of benzene rings is 2. The Morgan fingerprint density at radius 1 is 1.11 bits per heavy atom. The summed E-state index contributed by atoms with van der Waals surface area (Å²) in [6.45, 7) is 4.31. The van der Waals surface area contributed by atoms with Crippen LogP contribution in [0.2, 0.25) is 0 Å². The summed E-state index contributed by atoms with van der Waals surface area (Å²) in [7, 11) is 0. The Morgan fingerprint density at radius 2 is 1.86 bits per heavy atom. The molecule has 0 fully saturated rings. The number of nitro benzene ring substituents is 1. The average molecular weight is 377 g/mol. The molecular formula is C21H19N3O4. The Balaban J connectivity index is 1.62. The molecule has 4 rings (SSSR count). The van der Waals surface area contributed by atoms with E-state index in [0.717, 1.165) is 28.6 Å². The van der Waals surface area contributed by atoms with Gasteiger partial charge in [0.25, 0.3) is 17.5 Å². The lowest BCUT2D eigenvalue weighted by Gasteiger charge is -2.13. The number of rotatable bonds is 5. The highest BCUT2D eigenvalue weighted by Crippen LogP contribution is 2.29. The van der Waals surface area contributed by atoms with E-state index in [0.29, 0.717) is 6.42 Å². The lowest BCUT2D eigenvalue weighted by atomic mass is 10.0. The van der Waals surface area contributed by atoms with E-state index in [9.17, 15) is 19.7 Å². The number of para-hydroxylation sites is 1. The number of hydrogen-bond donors (Lipinski definition) is 1. The van der Waals surface area contributed by atoms with E-state index in [-0.39, 0.29) is 23.4 Å². The van der Waals surface area contributed by atoms with E-state index < -0.39 is 16.7 Å². The molecule has 0 radical (unpaired) electrons. The summed E-state index contributed by atoms with van der Waals surface area (Å²) >= 11 is 0. The maximum atomic E-state index is 12.7. The number of aromatic amines is 1. The summed E-state index contributed by atoms with van der Waals surface area (Å²) in [5.74, 6) is -0.878. The number of nitro groups is 1. The first kappa shape index (κ1) is 17.9. The van der Waals surface area contributed by atoms with Gasteiger partial charge in [-0.2, -0.15) is 0 Å². The third-order valence-electron chi connectivity index (χ3n) is 5.37. The van der Waals surface area contributed by atoms with Crippen LogP contribution in [0.1, 0.15) is 44.5 Å². The molecule has 2 heterocycles. The van der Waals surface area contributed by atoms with Gasteiger partial charge in [-0.15, -0.1) is 0 Å². The molecular weight excluding hydrogens is 358 g/mol. The van der Waals surface area contributed by atoms with Crippen molar-refractivity contribution in [2.75, 3.05) is 6.54 Å². The van der Waals surface area contributed by atoms with E-state index >= 15 is 0 Å². The molecule has 3 aromatic rings. The summed E-state index contributed by atoms with van der Waals surface area (Å²) in [4.78, 5) is 40.3. The van der Waals surface area contributed by atoms with E-state index in [2.05, 4.69) is 18.0 Å². The molecule has 7 nitrogen and oxygen atoms in total. The van der Waals surface area contributed by atoms with Gasteiger partial charge in [-0.1, -0.05) is 25.1 Å². The molecule has 0 unspecified atom stereocenters. The summed E-state index contributed by atoms with van der Waals surface area (Å²) in [6, 6.07) is 9.93. The number of H-pyrrole nitrogens is 1. The number of hydrogen-bond acceptors (Lipinski definition) is 4. The largest absolute Gasteiger partial charge is 0.358 e. The van der Waals surface area contributed by atoms with Crippen LogP contribution in [0.25, 0.3) is 10.9 Å². The fourth-order valence-corrected chi connectivity index (χ4v) is 3.90. The van der Waals surface area contributed by atoms with Crippen LogP contribution in [-0.4, -0.2) is 33.2 Å². The molecule has 142 valence electrons. The van der Waals surface area contributed by atoms with Crippen molar-refractivity contribution in [1.82, 2.24) is 9.88 Å². The number of carbonyl (C=O) groups excluding carboxylic acids is 2. The maximum absolute atomic E-state index is 12.7. The summed E-state index contributed by atoms with van der Waals surface area (Å²) < 4.78 is 0. The zero-order valence-electron chi connectivity index (χ0n) is 15.6. The Morgan fingerprint density at radius 3 is 2.57 bits per heavy atom. The van der Waals surface area contributed by atoms with E-state index in [1.807, 2.05) is 19.1 Å². The molecule has 1 N–H and O–H groups in total. The first-order chi connectivity index (χ1) is 13.4. The van der Waals surface area contributed by atoms with Crippen LogP contribution in [0.15, 0.2) is 36.4 Å². The molecule has 1 aliphatic heterocycles. The summed E-state index contributed by atoms with van der Waals surface area (Å²) in [5.41, 5.74) is 4.54. The van der Waals surface area contributed by atoms with Gasteiger partial charge >= 0.3 is 0 Å². The first-order valence-corrected chi connectivity index (χ1v) is 9.16.